The highest BCUT2D eigenvalue weighted by molar-refractivity contribution is 9.10. The van der Waals surface area contributed by atoms with E-state index in [2.05, 4.69) is 34.2 Å². The summed E-state index contributed by atoms with van der Waals surface area (Å²) in [4.78, 5) is 37.2. The summed E-state index contributed by atoms with van der Waals surface area (Å²) in [7, 11) is 0. The molecule has 4 saturated heterocycles. The molecular formula is C27H33BrN2O7. The molecule has 1 aromatic rings. The molecule has 4 heterocycles. The average Bonchev–Trinajstić information content (AvgIpc) is 3.10. The summed E-state index contributed by atoms with van der Waals surface area (Å²) in [5, 5.41) is 12.2. The van der Waals surface area contributed by atoms with Crippen molar-refractivity contribution in [1.29, 1.82) is 5.26 Å². The van der Waals surface area contributed by atoms with Crippen LogP contribution in [0.2, 0.25) is 0 Å². The summed E-state index contributed by atoms with van der Waals surface area (Å²) in [6.07, 6.45) is 1.80. The predicted molar refractivity (Wildman–Crippen MR) is 133 cm³/mol. The number of hydrogen-bond donors (Lipinski definition) is 1. The van der Waals surface area contributed by atoms with Gasteiger partial charge in [-0.2, -0.15) is 5.26 Å². The summed E-state index contributed by atoms with van der Waals surface area (Å²) in [5.41, 5.74) is -0.0783. The van der Waals surface area contributed by atoms with E-state index in [1.807, 2.05) is 19.9 Å². The Balaban J connectivity index is 1.21. The molecule has 37 heavy (non-hydrogen) atoms. The number of benzene rings is 1. The number of ether oxygens (including phenoxy) is 3. The van der Waals surface area contributed by atoms with Crippen molar-refractivity contribution in [2.75, 3.05) is 0 Å². The van der Waals surface area contributed by atoms with E-state index < -0.39 is 41.9 Å². The van der Waals surface area contributed by atoms with Crippen molar-refractivity contribution < 1.29 is 33.6 Å². The van der Waals surface area contributed by atoms with Gasteiger partial charge in [0, 0.05) is 34.7 Å². The molecule has 2 bridgehead atoms. The first-order chi connectivity index (χ1) is 17.7. The van der Waals surface area contributed by atoms with Crippen molar-refractivity contribution in [2.45, 2.75) is 89.3 Å². The maximum Gasteiger partial charge on any atom is 0.308 e. The number of halogens is 1. The molecule has 5 fully saturated rings. The van der Waals surface area contributed by atoms with Crippen molar-refractivity contribution in [1.82, 2.24) is 5.32 Å². The highest BCUT2D eigenvalue weighted by Gasteiger charge is 2.69. The summed E-state index contributed by atoms with van der Waals surface area (Å²) in [6.45, 7) is 6.09. The summed E-state index contributed by atoms with van der Waals surface area (Å²) >= 11 is 3.40. The van der Waals surface area contributed by atoms with Crippen LogP contribution in [0.1, 0.15) is 70.9 Å². The Morgan fingerprint density at radius 3 is 2.73 bits per heavy atom. The van der Waals surface area contributed by atoms with E-state index in [0.717, 1.165) is 23.7 Å². The van der Waals surface area contributed by atoms with E-state index in [0.29, 0.717) is 17.9 Å². The van der Waals surface area contributed by atoms with Crippen LogP contribution in [0.4, 0.5) is 0 Å². The van der Waals surface area contributed by atoms with E-state index in [1.54, 1.807) is 18.2 Å². The van der Waals surface area contributed by atoms with E-state index in [9.17, 15) is 14.9 Å². The van der Waals surface area contributed by atoms with E-state index >= 15 is 0 Å². The lowest BCUT2D eigenvalue weighted by molar-refractivity contribution is -0.576. The number of carbonyl (C=O) groups is 2. The molecule has 1 spiro atoms. The SMILES string of the molecule is C[C@@H]1CCC2[C@@H](C)[C@H](OC(=O)CCC(=O)NC(C#N)c3ccccc3Br)O[C@@H]3O[C@]4(C)CCC1[C@@]23OO4. The number of amides is 1. The minimum atomic E-state index is -0.907. The molecule has 6 rings (SSSR count). The molecule has 9 nitrogen and oxygen atoms in total. The summed E-state index contributed by atoms with van der Waals surface area (Å²) < 4.78 is 19.0. The molecule has 1 amide bonds. The molecule has 5 aliphatic rings. The smallest absolute Gasteiger partial charge is 0.308 e. The lowest BCUT2D eigenvalue weighted by Gasteiger charge is -2.59. The molecule has 0 radical (unpaired) electrons. The third-order valence-electron chi connectivity index (χ3n) is 8.55. The molecular weight excluding hydrogens is 544 g/mol. The molecule has 200 valence electrons. The van der Waals surface area contributed by atoms with Gasteiger partial charge in [-0.05, 0) is 44.1 Å². The monoisotopic (exact) mass is 576 g/mol. The van der Waals surface area contributed by atoms with Gasteiger partial charge in [-0.25, -0.2) is 9.78 Å². The maximum absolute atomic E-state index is 12.8. The lowest BCUT2D eigenvalue weighted by Crippen LogP contribution is -2.70. The Kier molecular flexibility index (Phi) is 7.37. The van der Waals surface area contributed by atoms with Gasteiger partial charge in [-0.15, -0.1) is 0 Å². The van der Waals surface area contributed by atoms with Crippen LogP contribution in [-0.2, 0) is 33.6 Å². The Morgan fingerprint density at radius 1 is 1.19 bits per heavy atom. The van der Waals surface area contributed by atoms with Crippen molar-refractivity contribution >= 4 is 27.8 Å². The van der Waals surface area contributed by atoms with Gasteiger partial charge < -0.3 is 19.5 Å². The van der Waals surface area contributed by atoms with Gasteiger partial charge in [-0.3, -0.25) is 9.59 Å². The lowest BCUT2D eigenvalue weighted by atomic mass is 9.58. The zero-order valence-corrected chi connectivity index (χ0v) is 22.9. The summed E-state index contributed by atoms with van der Waals surface area (Å²) in [5.74, 6) is -1.30. The van der Waals surface area contributed by atoms with Gasteiger partial charge in [0.2, 0.25) is 18.0 Å². The third kappa shape index (κ3) is 4.81. The van der Waals surface area contributed by atoms with Gasteiger partial charge in [0.1, 0.15) is 6.04 Å². The first-order valence-corrected chi connectivity index (χ1v) is 13.8. The fourth-order valence-electron chi connectivity index (χ4n) is 6.53. The van der Waals surface area contributed by atoms with Crippen LogP contribution in [0.5, 0.6) is 0 Å². The Labute approximate surface area is 225 Å². The highest BCUT2D eigenvalue weighted by atomic mass is 79.9. The van der Waals surface area contributed by atoms with Gasteiger partial charge >= 0.3 is 5.97 Å². The molecule has 10 heteroatoms. The van der Waals surface area contributed by atoms with Crippen LogP contribution in [0.25, 0.3) is 0 Å². The Hall–Kier alpha value is -2.03. The second kappa shape index (κ2) is 10.3. The number of hydrogen-bond acceptors (Lipinski definition) is 8. The zero-order chi connectivity index (χ0) is 26.4. The number of carbonyl (C=O) groups excluding carboxylic acids is 2. The fourth-order valence-corrected chi connectivity index (χ4v) is 7.05. The van der Waals surface area contributed by atoms with Crippen LogP contribution in [-0.4, -0.2) is 35.8 Å². The Morgan fingerprint density at radius 2 is 1.97 bits per heavy atom. The average molecular weight is 577 g/mol. The molecule has 0 aromatic heterocycles. The molecule has 1 saturated carbocycles. The molecule has 1 N–H and O–H groups in total. The van der Waals surface area contributed by atoms with Crippen LogP contribution >= 0.6 is 15.9 Å². The number of rotatable bonds is 6. The standard InChI is InChI=1S/C27H33BrN2O7/c1-15-8-9-19-16(2)24(34-25-27(19)18(15)12-13-26(3,35-25)36-37-27)33-23(32)11-10-22(31)30-21(14-29)17-6-4-5-7-20(17)28/h4-7,15-16,18-19,21,24-25H,8-13H2,1-3H3,(H,30,31)/t15-,16-,18?,19?,21?,24-,25-,26+,27-/m1/s1. The number of esters is 1. The molecule has 3 unspecified atom stereocenters. The normalized spacial score (nSPS) is 39.0. The minimum Gasteiger partial charge on any atom is -0.435 e. The molecule has 1 aromatic carbocycles. The van der Waals surface area contributed by atoms with Crippen LogP contribution in [0.15, 0.2) is 28.7 Å². The van der Waals surface area contributed by atoms with Crippen molar-refractivity contribution in [3.05, 3.63) is 34.3 Å². The topological polar surface area (TPSA) is 116 Å². The number of nitrogens with zero attached hydrogens (tertiary/aromatic N) is 1. The third-order valence-corrected chi connectivity index (χ3v) is 9.27. The van der Waals surface area contributed by atoms with Crippen molar-refractivity contribution in [2.24, 2.45) is 23.7 Å². The van der Waals surface area contributed by atoms with Gasteiger partial charge in [0.25, 0.3) is 0 Å². The fraction of sp³-hybridized carbons (Fsp3) is 0.667. The van der Waals surface area contributed by atoms with Crippen molar-refractivity contribution in [3.8, 4) is 6.07 Å². The Bertz CT molecular complexity index is 1090. The van der Waals surface area contributed by atoms with Gasteiger partial charge in [0.15, 0.2) is 11.9 Å². The van der Waals surface area contributed by atoms with E-state index in [-0.39, 0.29) is 30.6 Å². The number of fused-ring (bicyclic) bond motifs is 2. The molecule has 9 atom stereocenters. The highest BCUT2D eigenvalue weighted by Crippen LogP contribution is 2.60. The second-order valence-corrected chi connectivity index (χ2v) is 11.8. The predicted octanol–water partition coefficient (Wildman–Crippen LogP) is 4.66. The van der Waals surface area contributed by atoms with Gasteiger partial charge in [0.05, 0.1) is 12.5 Å². The van der Waals surface area contributed by atoms with E-state index in [1.165, 1.54) is 0 Å². The van der Waals surface area contributed by atoms with Crippen LogP contribution in [0.3, 0.4) is 0 Å². The number of nitrogens with one attached hydrogen (secondary N) is 1. The first-order valence-electron chi connectivity index (χ1n) is 13.0. The number of nitriles is 1. The second-order valence-electron chi connectivity index (χ2n) is 10.9. The van der Waals surface area contributed by atoms with Crippen molar-refractivity contribution in [3.63, 3.8) is 0 Å². The van der Waals surface area contributed by atoms with Gasteiger partial charge in [-0.1, -0.05) is 48.0 Å². The minimum absolute atomic E-state index is 0.0388. The zero-order valence-electron chi connectivity index (χ0n) is 21.3. The molecule has 4 aliphatic heterocycles. The summed E-state index contributed by atoms with van der Waals surface area (Å²) in [6, 6.07) is 8.44. The maximum atomic E-state index is 12.8. The quantitative estimate of drug-likeness (QED) is 0.384. The van der Waals surface area contributed by atoms with Crippen LogP contribution < -0.4 is 5.32 Å². The van der Waals surface area contributed by atoms with E-state index in [4.69, 9.17) is 24.0 Å². The first kappa shape index (κ1) is 26.6. The largest absolute Gasteiger partial charge is 0.435 e. The molecule has 1 aliphatic carbocycles. The van der Waals surface area contributed by atoms with Crippen LogP contribution in [0, 0.1) is 35.0 Å².